The molecule has 0 unspecified atom stereocenters. The van der Waals surface area contributed by atoms with Crippen molar-refractivity contribution in [2.75, 3.05) is 12.9 Å². The second-order valence-corrected chi connectivity index (χ2v) is 9.46. The monoisotopic (exact) mass is 429 g/mol. The van der Waals surface area contributed by atoms with Crippen LogP contribution in [0.25, 0.3) is 11.1 Å². The van der Waals surface area contributed by atoms with E-state index in [1.165, 1.54) is 24.3 Å². The normalized spacial score (nSPS) is 17.1. The molecule has 2 aromatic rings. The van der Waals surface area contributed by atoms with Crippen molar-refractivity contribution in [2.24, 2.45) is 0 Å². The van der Waals surface area contributed by atoms with E-state index in [1.807, 2.05) is 0 Å². The molecule has 9 heteroatoms. The van der Waals surface area contributed by atoms with Crippen molar-refractivity contribution in [3.63, 3.8) is 0 Å². The van der Waals surface area contributed by atoms with E-state index in [-0.39, 0.29) is 22.9 Å². The number of nitrogens with zero attached hydrogens (tertiary/aromatic N) is 1. The third-order valence-corrected chi connectivity index (χ3v) is 6.16. The fraction of sp³-hybridized carbons (Fsp3) is 0.450. The second kappa shape index (κ2) is 7.95. The van der Waals surface area contributed by atoms with Gasteiger partial charge < -0.3 is 9.84 Å². The molecule has 1 heterocycles. The average Bonchev–Trinajstić information content (AvgIpc) is 2.65. The Morgan fingerprint density at radius 2 is 1.76 bits per heavy atom. The van der Waals surface area contributed by atoms with Crippen molar-refractivity contribution in [1.82, 2.24) is 4.98 Å². The molecule has 0 spiro atoms. The Morgan fingerprint density at radius 3 is 2.31 bits per heavy atom. The molecule has 1 saturated carbocycles. The molecular weight excluding hydrogens is 407 g/mol. The predicted octanol–water partition coefficient (Wildman–Crippen LogP) is 4.24. The van der Waals surface area contributed by atoms with E-state index >= 15 is 0 Å². The predicted molar refractivity (Wildman–Crippen MR) is 101 cm³/mol. The summed E-state index contributed by atoms with van der Waals surface area (Å²) in [5, 5.41) is 10.6. The number of hydrogen-bond acceptors (Lipinski definition) is 5. The van der Waals surface area contributed by atoms with Gasteiger partial charge in [0.25, 0.3) is 0 Å². The lowest BCUT2D eigenvalue weighted by Crippen LogP contribution is -2.38. The third kappa shape index (κ3) is 5.27. The lowest BCUT2D eigenvalue weighted by atomic mass is 9.85. The van der Waals surface area contributed by atoms with Gasteiger partial charge in [-0.25, -0.2) is 13.4 Å². The van der Waals surface area contributed by atoms with Gasteiger partial charge in [0, 0.05) is 18.0 Å². The quantitative estimate of drug-likeness (QED) is 0.769. The molecule has 1 aromatic carbocycles. The van der Waals surface area contributed by atoms with E-state index in [9.17, 15) is 26.7 Å². The number of ether oxygens (including phenoxy) is 1. The maximum absolute atomic E-state index is 13.2. The van der Waals surface area contributed by atoms with Crippen LogP contribution < -0.4 is 4.74 Å². The first-order valence-corrected chi connectivity index (χ1v) is 11.1. The minimum atomic E-state index is -4.59. The molecule has 29 heavy (non-hydrogen) atoms. The number of aromatic nitrogens is 1. The number of alkyl halides is 3. The van der Waals surface area contributed by atoms with E-state index in [0.29, 0.717) is 24.6 Å². The molecule has 1 aliphatic rings. The van der Waals surface area contributed by atoms with E-state index in [0.717, 1.165) is 31.6 Å². The molecule has 3 rings (SSSR count). The van der Waals surface area contributed by atoms with Crippen molar-refractivity contribution in [2.45, 2.75) is 48.8 Å². The molecule has 0 aliphatic heterocycles. The zero-order valence-electron chi connectivity index (χ0n) is 15.9. The summed E-state index contributed by atoms with van der Waals surface area (Å²) in [5.74, 6) is -0.0379. The van der Waals surface area contributed by atoms with Gasteiger partial charge in [-0.1, -0.05) is 31.4 Å². The van der Waals surface area contributed by atoms with Gasteiger partial charge in [-0.2, -0.15) is 13.2 Å². The van der Waals surface area contributed by atoms with Gasteiger partial charge in [0.1, 0.15) is 6.61 Å². The Bertz CT molecular complexity index is 966. The minimum Gasteiger partial charge on any atom is -0.474 e. The summed E-state index contributed by atoms with van der Waals surface area (Å²) in [6.07, 6.45) is 1.02. The lowest BCUT2D eigenvalue weighted by Gasteiger charge is -2.31. The van der Waals surface area contributed by atoms with Crippen molar-refractivity contribution in [3.8, 4) is 17.0 Å². The van der Waals surface area contributed by atoms with Crippen LogP contribution in [-0.4, -0.2) is 37.0 Å². The fourth-order valence-electron chi connectivity index (χ4n) is 3.37. The van der Waals surface area contributed by atoms with Crippen LogP contribution in [0.4, 0.5) is 13.2 Å². The van der Waals surface area contributed by atoms with Gasteiger partial charge in [-0.15, -0.1) is 0 Å². The first kappa shape index (κ1) is 21.6. The van der Waals surface area contributed by atoms with Crippen LogP contribution in [0.2, 0.25) is 0 Å². The Kier molecular flexibility index (Phi) is 5.91. The summed E-state index contributed by atoms with van der Waals surface area (Å²) in [6.45, 7) is -0.0697. The largest absolute Gasteiger partial charge is 0.474 e. The van der Waals surface area contributed by atoms with Gasteiger partial charge in [0.05, 0.1) is 16.1 Å². The summed E-state index contributed by atoms with van der Waals surface area (Å²) >= 11 is 0. The van der Waals surface area contributed by atoms with E-state index in [1.54, 1.807) is 0 Å². The number of benzene rings is 1. The summed E-state index contributed by atoms with van der Waals surface area (Å²) in [6, 6.07) is 6.39. The first-order chi connectivity index (χ1) is 13.5. The molecule has 1 fully saturated rings. The lowest BCUT2D eigenvalue weighted by molar-refractivity contribution is -0.137. The van der Waals surface area contributed by atoms with Gasteiger partial charge in [0.2, 0.25) is 5.88 Å². The topological polar surface area (TPSA) is 76.5 Å². The van der Waals surface area contributed by atoms with Crippen LogP contribution in [0.15, 0.2) is 41.4 Å². The molecule has 1 aromatic heterocycles. The summed E-state index contributed by atoms with van der Waals surface area (Å²) < 4.78 is 68.4. The minimum absolute atomic E-state index is 0.0379. The molecular formula is C20H22F3NO4S. The zero-order chi connectivity index (χ0) is 21.3. The average molecular weight is 429 g/mol. The van der Waals surface area contributed by atoms with Crippen molar-refractivity contribution < 1.29 is 31.4 Å². The van der Waals surface area contributed by atoms with E-state index in [4.69, 9.17) is 4.74 Å². The van der Waals surface area contributed by atoms with Crippen LogP contribution >= 0.6 is 0 Å². The highest BCUT2D eigenvalue weighted by atomic mass is 32.2. The molecule has 0 amide bonds. The number of pyridine rings is 1. The molecule has 0 radical (unpaired) electrons. The summed E-state index contributed by atoms with van der Waals surface area (Å²) in [4.78, 5) is 3.89. The molecule has 158 valence electrons. The van der Waals surface area contributed by atoms with Gasteiger partial charge in [0.15, 0.2) is 9.84 Å². The number of sulfone groups is 1. The highest BCUT2D eigenvalue weighted by molar-refractivity contribution is 7.90. The second-order valence-electron chi connectivity index (χ2n) is 7.44. The molecule has 0 atom stereocenters. The molecule has 0 saturated heterocycles. The highest BCUT2D eigenvalue weighted by Gasteiger charge is 2.33. The number of aliphatic hydroxyl groups is 1. The van der Waals surface area contributed by atoms with Crippen LogP contribution in [0, 0.1) is 0 Å². The van der Waals surface area contributed by atoms with Crippen molar-refractivity contribution >= 4 is 9.84 Å². The van der Waals surface area contributed by atoms with Crippen LogP contribution in [0.3, 0.4) is 0 Å². The first-order valence-electron chi connectivity index (χ1n) is 9.21. The van der Waals surface area contributed by atoms with Crippen molar-refractivity contribution in [3.05, 3.63) is 42.1 Å². The summed E-state index contributed by atoms with van der Waals surface area (Å²) in [7, 11) is -3.44. The molecule has 1 N–H and O–H groups in total. The fourth-order valence-corrected chi connectivity index (χ4v) is 4.00. The number of halogens is 3. The van der Waals surface area contributed by atoms with E-state index in [2.05, 4.69) is 4.98 Å². The maximum Gasteiger partial charge on any atom is 0.417 e. The molecule has 5 nitrogen and oxygen atoms in total. The smallest absolute Gasteiger partial charge is 0.417 e. The van der Waals surface area contributed by atoms with Crippen LogP contribution in [0.1, 0.15) is 37.7 Å². The third-order valence-electron chi connectivity index (χ3n) is 5.03. The Balaban J connectivity index is 1.96. The SMILES string of the molecule is CS(=O)(=O)c1ccc(-c2cc(C(F)(F)F)cnc2OCC2(O)CCCCC2)cc1. The van der Waals surface area contributed by atoms with Gasteiger partial charge in [-0.3, -0.25) is 0 Å². The van der Waals surface area contributed by atoms with E-state index < -0.39 is 27.2 Å². The van der Waals surface area contributed by atoms with Gasteiger partial charge in [-0.05, 0) is 36.6 Å². The van der Waals surface area contributed by atoms with Crippen molar-refractivity contribution in [1.29, 1.82) is 0 Å². The van der Waals surface area contributed by atoms with Crippen LogP contribution in [0.5, 0.6) is 5.88 Å². The van der Waals surface area contributed by atoms with Gasteiger partial charge >= 0.3 is 6.18 Å². The highest BCUT2D eigenvalue weighted by Crippen LogP contribution is 2.37. The maximum atomic E-state index is 13.2. The Morgan fingerprint density at radius 1 is 1.14 bits per heavy atom. The molecule has 0 bridgehead atoms. The zero-order valence-corrected chi connectivity index (χ0v) is 16.7. The molecule has 1 aliphatic carbocycles. The summed E-state index contributed by atoms with van der Waals surface area (Å²) in [5.41, 5.74) is -1.55. The Labute approximate surface area is 167 Å². The standard InChI is InChI=1S/C20H22F3NO4S/c1-29(26,27)16-7-5-14(6-8-16)17-11-15(20(21,22)23)12-24-18(17)28-13-19(25)9-3-2-4-10-19/h5-8,11-12,25H,2-4,9-10,13H2,1H3. The number of hydrogen-bond donors (Lipinski definition) is 1. The number of rotatable bonds is 5. The van der Waals surface area contributed by atoms with Crippen LogP contribution in [-0.2, 0) is 16.0 Å². The Hall–Kier alpha value is -2.13.